The third kappa shape index (κ3) is 3.35. The summed E-state index contributed by atoms with van der Waals surface area (Å²) in [6, 6.07) is 16.4. The Labute approximate surface area is 138 Å². The van der Waals surface area contributed by atoms with Gasteiger partial charge in [0.1, 0.15) is 0 Å². The minimum absolute atomic E-state index is 0.214. The molecule has 0 aliphatic heterocycles. The van der Waals surface area contributed by atoms with E-state index >= 15 is 0 Å². The second-order valence-electron chi connectivity index (χ2n) is 4.79. The Balaban J connectivity index is 1.88. The van der Waals surface area contributed by atoms with Crippen molar-refractivity contribution >= 4 is 23.2 Å². The van der Waals surface area contributed by atoms with Crippen molar-refractivity contribution in [2.24, 2.45) is 0 Å². The van der Waals surface area contributed by atoms with Crippen molar-refractivity contribution in [2.45, 2.75) is 0 Å². The number of carbonyl (C=O) groups excluding carboxylic acids is 1. The van der Waals surface area contributed by atoms with Crippen LogP contribution in [0.5, 0.6) is 5.75 Å². The number of benzene rings is 2. The topological polar surface area (TPSA) is 56.2 Å². The zero-order valence-corrected chi connectivity index (χ0v) is 13.1. The summed E-state index contributed by atoms with van der Waals surface area (Å²) in [5.41, 5.74) is 1.69. The fourth-order valence-electron chi connectivity index (χ4n) is 2.10. The third-order valence-electron chi connectivity index (χ3n) is 3.24. The normalized spacial score (nSPS) is 10.3. The van der Waals surface area contributed by atoms with Crippen molar-refractivity contribution in [3.05, 3.63) is 71.5 Å². The molecule has 0 atom stereocenters. The Morgan fingerprint density at radius 3 is 2.48 bits per heavy atom. The van der Waals surface area contributed by atoms with Gasteiger partial charge in [0.05, 0.1) is 19.0 Å². The van der Waals surface area contributed by atoms with Crippen molar-refractivity contribution in [2.75, 3.05) is 12.4 Å². The molecule has 1 N–H and O–H groups in total. The fraction of sp³-hybridized carbons (Fsp3) is 0.0588. The molecule has 0 fully saturated rings. The highest BCUT2D eigenvalue weighted by Crippen LogP contribution is 2.21. The van der Waals surface area contributed by atoms with E-state index in [0.717, 1.165) is 5.69 Å². The standard InChI is InChI=1S/C17H14ClN3O2/c1-23-15-11-21(14-5-3-2-4-6-14)20-16(15)17(22)19-13-9-7-12(18)8-10-13/h2-11H,1H3,(H,19,22). The zero-order chi connectivity index (χ0) is 16.2. The lowest BCUT2D eigenvalue weighted by Gasteiger charge is -2.04. The van der Waals surface area contributed by atoms with Gasteiger partial charge in [-0.15, -0.1) is 0 Å². The van der Waals surface area contributed by atoms with Crippen LogP contribution in [-0.2, 0) is 0 Å². The van der Waals surface area contributed by atoms with Gasteiger partial charge in [-0.25, -0.2) is 4.68 Å². The molecule has 2 aromatic carbocycles. The van der Waals surface area contributed by atoms with E-state index in [1.54, 1.807) is 35.1 Å². The Morgan fingerprint density at radius 1 is 1.13 bits per heavy atom. The second kappa shape index (κ2) is 6.54. The van der Waals surface area contributed by atoms with E-state index in [1.165, 1.54) is 7.11 Å². The van der Waals surface area contributed by atoms with Gasteiger partial charge < -0.3 is 10.1 Å². The van der Waals surface area contributed by atoms with Crippen LogP contribution in [0, 0.1) is 0 Å². The maximum atomic E-state index is 12.4. The molecule has 116 valence electrons. The van der Waals surface area contributed by atoms with E-state index in [-0.39, 0.29) is 11.6 Å². The fourth-order valence-corrected chi connectivity index (χ4v) is 2.23. The second-order valence-corrected chi connectivity index (χ2v) is 5.22. The number of halogens is 1. The molecule has 1 heterocycles. The van der Waals surface area contributed by atoms with E-state index < -0.39 is 0 Å². The minimum atomic E-state index is -0.348. The van der Waals surface area contributed by atoms with Crippen LogP contribution in [0.3, 0.4) is 0 Å². The molecule has 0 spiro atoms. The number of nitrogens with zero attached hydrogens (tertiary/aromatic N) is 2. The first-order valence-corrected chi connectivity index (χ1v) is 7.31. The SMILES string of the molecule is COc1cn(-c2ccccc2)nc1C(=O)Nc1ccc(Cl)cc1. The maximum Gasteiger partial charge on any atom is 0.280 e. The number of aromatic nitrogens is 2. The quantitative estimate of drug-likeness (QED) is 0.793. The van der Waals surface area contributed by atoms with Gasteiger partial charge in [-0.3, -0.25) is 4.79 Å². The van der Waals surface area contributed by atoms with E-state index in [4.69, 9.17) is 16.3 Å². The van der Waals surface area contributed by atoms with Crippen molar-refractivity contribution in [1.82, 2.24) is 9.78 Å². The summed E-state index contributed by atoms with van der Waals surface area (Å²) in [5, 5.41) is 7.70. The summed E-state index contributed by atoms with van der Waals surface area (Å²) in [5.74, 6) is 0.0548. The summed E-state index contributed by atoms with van der Waals surface area (Å²) < 4.78 is 6.87. The molecule has 0 aliphatic carbocycles. The van der Waals surface area contributed by atoms with Crippen molar-refractivity contribution in [3.8, 4) is 11.4 Å². The number of hydrogen-bond donors (Lipinski definition) is 1. The van der Waals surface area contributed by atoms with Gasteiger partial charge in [0, 0.05) is 10.7 Å². The molecule has 3 aromatic rings. The molecule has 0 unspecified atom stereocenters. The molecule has 0 aliphatic rings. The summed E-state index contributed by atoms with van der Waals surface area (Å²) >= 11 is 5.84. The Kier molecular flexibility index (Phi) is 4.30. The molecule has 0 radical (unpaired) electrons. The summed E-state index contributed by atoms with van der Waals surface area (Å²) in [4.78, 5) is 12.4. The smallest absolute Gasteiger partial charge is 0.280 e. The van der Waals surface area contributed by atoms with Crippen molar-refractivity contribution in [3.63, 3.8) is 0 Å². The number of hydrogen-bond acceptors (Lipinski definition) is 3. The molecular weight excluding hydrogens is 314 g/mol. The average Bonchev–Trinajstić information content (AvgIpc) is 3.02. The third-order valence-corrected chi connectivity index (χ3v) is 3.49. The highest BCUT2D eigenvalue weighted by Gasteiger charge is 2.18. The van der Waals surface area contributed by atoms with Gasteiger partial charge in [0.25, 0.3) is 5.91 Å². The van der Waals surface area contributed by atoms with E-state index in [2.05, 4.69) is 10.4 Å². The first-order valence-electron chi connectivity index (χ1n) is 6.93. The van der Waals surface area contributed by atoms with Gasteiger partial charge in [0.2, 0.25) is 0 Å². The van der Waals surface area contributed by atoms with Gasteiger partial charge in [-0.05, 0) is 36.4 Å². The first-order chi connectivity index (χ1) is 11.2. The average molecular weight is 328 g/mol. The van der Waals surface area contributed by atoms with Crippen LogP contribution < -0.4 is 10.1 Å². The zero-order valence-electron chi connectivity index (χ0n) is 12.4. The highest BCUT2D eigenvalue weighted by atomic mass is 35.5. The monoisotopic (exact) mass is 327 g/mol. The van der Waals surface area contributed by atoms with Gasteiger partial charge in [-0.2, -0.15) is 5.10 Å². The van der Waals surface area contributed by atoms with E-state index in [9.17, 15) is 4.79 Å². The van der Waals surface area contributed by atoms with E-state index in [0.29, 0.717) is 16.5 Å². The van der Waals surface area contributed by atoms with Crippen LogP contribution >= 0.6 is 11.6 Å². The highest BCUT2D eigenvalue weighted by molar-refractivity contribution is 6.30. The molecule has 1 aromatic heterocycles. The van der Waals surface area contributed by atoms with E-state index in [1.807, 2.05) is 30.3 Å². The molecule has 0 saturated heterocycles. The molecule has 3 rings (SSSR count). The maximum absolute atomic E-state index is 12.4. The predicted molar refractivity (Wildman–Crippen MR) is 89.5 cm³/mol. The first kappa shape index (κ1) is 15.1. The van der Waals surface area contributed by atoms with Gasteiger partial charge >= 0.3 is 0 Å². The molecule has 0 saturated carbocycles. The molecule has 1 amide bonds. The lowest BCUT2D eigenvalue weighted by Crippen LogP contribution is -2.14. The number of carbonyl (C=O) groups is 1. The van der Waals surface area contributed by atoms with Crippen LogP contribution in [-0.4, -0.2) is 22.8 Å². The number of methoxy groups -OCH3 is 1. The number of nitrogens with one attached hydrogen (secondary N) is 1. The van der Waals surface area contributed by atoms with Gasteiger partial charge in [0.15, 0.2) is 11.4 Å². The van der Waals surface area contributed by atoms with Crippen LogP contribution in [0.4, 0.5) is 5.69 Å². The lowest BCUT2D eigenvalue weighted by molar-refractivity contribution is 0.101. The van der Waals surface area contributed by atoms with Gasteiger partial charge in [-0.1, -0.05) is 29.8 Å². The van der Waals surface area contributed by atoms with Crippen LogP contribution in [0.2, 0.25) is 5.02 Å². The number of amides is 1. The molecule has 5 nitrogen and oxygen atoms in total. The van der Waals surface area contributed by atoms with Crippen LogP contribution in [0.25, 0.3) is 5.69 Å². The van der Waals surface area contributed by atoms with Crippen molar-refractivity contribution < 1.29 is 9.53 Å². The van der Waals surface area contributed by atoms with Crippen molar-refractivity contribution in [1.29, 1.82) is 0 Å². The number of ether oxygens (including phenoxy) is 1. The molecular formula is C17H14ClN3O2. The Bertz CT molecular complexity index is 814. The number of rotatable bonds is 4. The minimum Gasteiger partial charge on any atom is -0.493 e. The summed E-state index contributed by atoms with van der Waals surface area (Å²) in [6.45, 7) is 0. The molecule has 6 heteroatoms. The van der Waals surface area contributed by atoms with Crippen LogP contribution in [0.1, 0.15) is 10.5 Å². The summed E-state index contributed by atoms with van der Waals surface area (Å²) in [7, 11) is 1.51. The number of anilines is 1. The van der Waals surface area contributed by atoms with Crippen LogP contribution in [0.15, 0.2) is 60.8 Å². The Morgan fingerprint density at radius 2 is 1.83 bits per heavy atom. The number of para-hydroxylation sites is 1. The predicted octanol–water partition coefficient (Wildman–Crippen LogP) is 3.79. The lowest BCUT2D eigenvalue weighted by atomic mass is 10.3. The Hall–Kier alpha value is -2.79. The summed E-state index contributed by atoms with van der Waals surface area (Å²) in [6.07, 6.45) is 1.67. The largest absolute Gasteiger partial charge is 0.493 e. The molecule has 0 bridgehead atoms. The molecule has 23 heavy (non-hydrogen) atoms.